The van der Waals surface area contributed by atoms with Crippen LogP contribution in [0.3, 0.4) is 0 Å². The molecule has 0 aliphatic heterocycles. The molecule has 0 saturated carbocycles. The Morgan fingerprint density at radius 1 is 0.737 bits per heavy atom. The van der Waals surface area contributed by atoms with Crippen molar-refractivity contribution in [2.45, 2.75) is 24.6 Å². The van der Waals surface area contributed by atoms with Crippen molar-refractivity contribution in [3.8, 4) is 11.5 Å². The first kappa shape index (κ1) is 28.6. The summed E-state index contributed by atoms with van der Waals surface area (Å²) in [6, 6.07) is 18.3. The Hall–Kier alpha value is -3.96. The summed E-state index contributed by atoms with van der Waals surface area (Å²) in [4.78, 5) is 12.2. The van der Waals surface area contributed by atoms with Crippen LogP contribution in [0.2, 0.25) is 0 Å². The van der Waals surface area contributed by atoms with Crippen molar-refractivity contribution in [1.29, 1.82) is 0 Å². The number of alkyl carbamates (subject to hydrolysis) is 1. The number of hydrogen-bond acceptors (Lipinski definition) is 4. The minimum Gasteiger partial charge on any atom is -0.447 e. The van der Waals surface area contributed by atoms with E-state index in [0.717, 1.165) is 24.3 Å². The molecule has 0 atom stereocenters. The van der Waals surface area contributed by atoms with Gasteiger partial charge in [-0.1, -0.05) is 54.6 Å². The van der Waals surface area contributed by atoms with Crippen LogP contribution >= 0.6 is 0 Å². The van der Waals surface area contributed by atoms with Crippen molar-refractivity contribution in [1.82, 2.24) is 5.32 Å². The summed E-state index contributed by atoms with van der Waals surface area (Å²) in [7, 11) is 0. The molecule has 0 aliphatic carbocycles. The van der Waals surface area contributed by atoms with E-state index in [2.05, 4.69) is 14.8 Å². The molecule has 3 rings (SSSR count). The molecule has 0 unspecified atom stereocenters. The second-order valence-corrected chi connectivity index (χ2v) is 8.07. The molecular formula is C26H22F7NO4. The molecule has 1 amide bonds. The Labute approximate surface area is 213 Å². The molecule has 0 heterocycles. The Kier molecular flexibility index (Phi) is 9.08. The first-order valence-electron chi connectivity index (χ1n) is 11.1. The van der Waals surface area contributed by atoms with Crippen LogP contribution in [0.1, 0.15) is 16.7 Å². The average molecular weight is 545 g/mol. The number of rotatable bonds is 10. The fourth-order valence-electron chi connectivity index (χ4n) is 3.97. The van der Waals surface area contributed by atoms with Gasteiger partial charge in [-0.3, -0.25) is 0 Å². The van der Waals surface area contributed by atoms with Crippen molar-refractivity contribution < 1.29 is 49.7 Å². The normalized spacial score (nSPS) is 12.1. The van der Waals surface area contributed by atoms with Gasteiger partial charge in [0.1, 0.15) is 24.8 Å². The number of nitrogens with one attached hydrogen (secondary N) is 1. The summed E-state index contributed by atoms with van der Waals surface area (Å²) < 4.78 is 103. The predicted molar refractivity (Wildman–Crippen MR) is 123 cm³/mol. The van der Waals surface area contributed by atoms with Crippen LogP contribution in [0.25, 0.3) is 0 Å². The van der Waals surface area contributed by atoms with E-state index in [9.17, 15) is 35.5 Å². The summed E-state index contributed by atoms with van der Waals surface area (Å²) in [5.41, 5.74) is -0.446. The number of benzene rings is 3. The van der Waals surface area contributed by atoms with E-state index < -0.39 is 49.0 Å². The third kappa shape index (κ3) is 8.29. The average Bonchev–Trinajstić information content (AvgIpc) is 2.84. The monoisotopic (exact) mass is 545 g/mol. The molecule has 0 spiro atoms. The summed E-state index contributed by atoms with van der Waals surface area (Å²) >= 11 is 0. The van der Waals surface area contributed by atoms with Gasteiger partial charge in [-0.2, -0.15) is 0 Å². The summed E-state index contributed by atoms with van der Waals surface area (Å²) in [6.45, 7) is -1.84. The molecule has 0 saturated heterocycles. The van der Waals surface area contributed by atoms with E-state index in [-0.39, 0.29) is 24.1 Å². The SMILES string of the molecule is O=C(NCC(Cc1ccccc1)(c1cccc(OC(F)(F)F)c1)c1cccc(OC(F)(F)F)c1)OCCF. The van der Waals surface area contributed by atoms with Crippen LogP contribution in [-0.4, -0.2) is 38.6 Å². The molecule has 204 valence electrons. The third-order valence-corrected chi connectivity index (χ3v) is 5.43. The number of carbonyl (C=O) groups excluding carboxylic acids is 1. The molecule has 5 nitrogen and oxygen atoms in total. The molecule has 3 aromatic rings. The molecule has 1 N–H and O–H groups in total. The molecule has 38 heavy (non-hydrogen) atoms. The van der Waals surface area contributed by atoms with Crippen LogP contribution < -0.4 is 14.8 Å². The first-order valence-corrected chi connectivity index (χ1v) is 11.1. The Balaban J connectivity index is 2.19. The van der Waals surface area contributed by atoms with Crippen molar-refractivity contribution in [3.05, 3.63) is 95.6 Å². The lowest BCUT2D eigenvalue weighted by Gasteiger charge is -2.36. The second kappa shape index (κ2) is 12.1. The molecule has 0 aromatic heterocycles. The van der Waals surface area contributed by atoms with Gasteiger partial charge in [-0.05, 0) is 47.4 Å². The van der Waals surface area contributed by atoms with Gasteiger partial charge in [0, 0.05) is 12.0 Å². The van der Waals surface area contributed by atoms with Gasteiger partial charge < -0.3 is 19.5 Å². The second-order valence-electron chi connectivity index (χ2n) is 8.07. The maximum absolute atomic E-state index is 13.0. The van der Waals surface area contributed by atoms with E-state index >= 15 is 0 Å². The fourth-order valence-corrected chi connectivity index (χ4v) is 3.97. The topological polar surface area (TPSA) is 56.8 Å². The summed E-state index contributed by atoms with van der Waals surface area (Å²) in [5, 5.41) is 2.46. The number of halogens is 7. The molecule has 0 aliphatic rings. The van der Waals surface area contributed by atoms with Gasteiger partial charge >= 0.3 is 18.8 Å². The van der Waals surface area contributed by atoms with Gasteiger partial charge in [-0.15, -0.1) is 26.3 Å². The minimum atomic E-state index is -5.00. The largest absolute Gasteiger partial charge is 0.573 e. The zero-order valence-corrected chi connectivity index (χ0v) is 19.6. The maximum Gasteiger partial charge on any atom is 0.573 e. The number of hydrogen-bond donors (Lipinski definition) is 1. The van der Waals surface area contributed by atoms with E-state index in [1.807, 2.05) is 0 Å². The highest BCUT2D eigenvalue weighted by Gasteiger charge is 2.38. The van der Waals surface area contributed by atoms with Gasteiger partial charge in [-0.25, -0.2) is 9.18 Å². The fraction of sp³-hybridized carbons (Fsp3) is 0.269. The van der Waals surface area contributed by atoms with Crippen LogP contribution in [-0.2, 0) is 16.6 Å². The number of amides is 1. The van der Waals surface area contributed by atoms with Crippen molar-refractivity contribution in [3.63, 3.8) is 0 Å². The van der Waals surface area contributed by atoms with E-state index in [1.54, 1.807) is 30.3 Å². The quantitative estimate of drug-likeness (QED) is 0.288. The zero-order valence-electron chi connectivity index (χ0n) is 19.6. The smallest absolute Gasteiger partial charge is 0.447 e. The number of alkyl halides is 7. The van der Waals surface area contributed by atoms with E-state index in [4.69, 9.17) is 4.74 Å². The minimum absolute atomic E-state index is 0.0160. The number of carbonyl (C=O) groups is 1. The molecule has 12 heteroatoms. The third-order valence-electron chi connectivity index (χ3n) is 5.43. The molecule has 0 bridgehead atoms. The van der Waals surface area contributed by atoms with Gasteiger partial charge in [0.2, 0.25) is 0 Å². The van der Waals surface area contributed by atoms with Crippen molar-refractivity contribution in [2.24, 2.45) is 0 Å². The van der Waals surface area contributed by atoms with E-state index in [1.165, 1.54) is 24.3 Å². The molecular weight excluding hydrogens is 523 g/mol. The maximum atomic E-state index is 13.0. The Bertz CT molecular complexity index is 1140. The van der Waals surface area contributed by atoms with Crippen LogP contribution in [0.4, 0.5) is 35.5 Å². The number of ether oxygens (including phenoxy) is 3. The van der Waals surface area contributed by atoms with Crippen molar-refractivity contribution >= 4 is 6.09 Å². The first-order chi connectivity index (χ1) is 17.9. The summed E-state index contributed by atoms with van der Waals surface area (Å²) in [5.74, 6) is -1.15. The van der Waals surface area contributed by atoms with E-state index in [0.29, 0.717) is 5.56 Å². The highest BCUT2D eigenvalue weighted by Crippen LogP contribution is 2.39. The van der Waals surface area contributed by atoms with Crippen LogP contribution in [0, 0.1) is 0 Å². The zero-order chi connectivity index (χ0) is 27.8. The molecule has 3 aromatic carbocycles. The lowest BCUT2D eigenvalue weighted by Crippen LogP contribution is -2.44. The highest BCUT2D eigenvalue weighted by molar-refractivity contribution is 5.67. The lowest BCUT2D eigenvalue weighted by molar-refractivity contribution is -0.275. The lowest BCUT2D eigenvalue weighted by atomic mass is 9.70. The Morgan fingerprint density at radius 3 is 1.74 bits per heavy atom. The van der Waals surface area contributed by atoms with Gasteiger partial charge in [0.05, 0.1) is 0 Å². The summed E-state index contributed by atoms with van der Waals surface area (Å²) in [6.07, 6.45) is -11.0. The highest BCUT2D eigenvalue weighted by atomic mass is 19.4. The van der Waals surface area contributed by atoms with Gasteiger partial charge in [0.15, 0.2) is 0 Å². The molecule has 0 radical (unpaired) electrons. The predicted octanol–water partition coefficient (Wildman–Crippen LogP) is 6.71. The van der Waals surface area contributed by atoms with Crippen molar-refractivity contribution in [2.75, 3.05) is 19.8 Å². The van der Waals surface area contributed by atoms with Crippen LogP contribution in [0.15, 0.2) is 78.9 Å². The molecule has 0 fully saturated rings. The Morgan fingerprint density at radius 2 is 1.26 bits per heavy atom. The standard InChI is InChI=1S/C26H22F7NO4/c27-12-13-36-23(35)34-17-24(16-18-6-2-1-3-7-18,19-8-4-10-21(14-19)37-25(28,29)30)20-9-5-11-22(15-20)38-26(31,32)33/h1-11,14-15H,12-13,16-17H2,(H,34,35). The van der Waals surface area contributed by atoms with Gasteiger partial charge in [0.25, 0.3) is 0 Å². The van der Waals surface area contributed by atoms with Crippen LogP contribution in [0.5, 0.6) is 11.5 Å².